The summed E-state index contributed by atoms with van der Waals surface area (Å²) in [6.07, 6.45) is 2.11. The van der Waals surface area contributed by atoms with Crippen molar-refractivity contribution >= 4 is 46.2 Å². The van der Waals surface area contributed by atoms with Crippen LogP contribution in [0.2, 0.25) is 19.6 Å². The molecule has 67 heavy (non-hydrogen) atoms. The molecule has 339 valence electrons. The number of aromatic nitrogens is 3. The minimum atomic E-state index is -1.36. The first-order valence-corrected chi connectivity index (χ1v) is 26.8. The second-order valence-electron chi connectivity index (χ2n) is 20.1. The molecule has 0 spiro atoms. The van der Waals surface area contributed by atoms with E-state index < -0.39 is 8.07 Å². The fourth-order valence-corrected chi connectivity index (χ4v) is 10.6. The monoisotopic (exact) mass is 1070 g/mol. The van der Waals surface area contributed by atoms with Gasteiger partial charge in [0, 0.05) is 42.8 Å². The van der Waals surface area contributed by atoms with E-state index in [4.69, 9.17) is 14.4 Å². The fraction of sp³-hybridized carbons (Fsp3) is 0.213. The maximum Gasteiger partial charge on any atom is 0.120 e. The van der Waals surface area contributed by atoms with Crippen molar-refractivity contribution in [1.82, 2.24) is 14.5 Å². The Bertz CT molecular complexity index is 3260. The number of fused-ring (bicyclic) bond motifs is 4. The average molecular weight is 1070 g/mol. The van der Waals surface area contributed by atoms with Crippen LogP contribution >= 0.6 is 0 Å². The molecule has 0 aliphatic heterocycles. The molecule has 0 aliphatic rings. The Morgan fingerprint density at radius 1 is 0.657 bits per heavy atom. The SMILES string of the molecule is CC(C)(C)c1cc(-c2ccccc2)c(-n2c(-c3[c-]ccc4c3oc3ccccc34)nc3ccccc32)c(-c2ccccc2)c1.CC(C)c1c[c-]c(-c2cc(C(C)C)c([Si](C)(C)C)cn2)cc1.[Ir]. The fourth-order valence-electron chi connectivity index (χ4n) is 8.94. The number of furan rings is 1. The molecule has 3 heterocycles. The Morgan fingerprint density at radius 2 is 1.28 bits per heavy atom. The van der Waals surface area contributed by atoms with E-state index in [2.05, 4.69) is 224 Å². The molecule has 0 fully saturated rings. The zero-order valence-corrected chi connectivity index (χ0v) is 43.7. The van der Waals surface area contributed by atoms with E-state index >= 15 is 0 Å². The van der Waals surface area contributed by atoms with Gasteiger partial charge in [-0.2, -0.15) is 0 Å². The molecule has 1 radical (unpaired) electrons. The smallest absolute Gasteiger partial charge is 0.120 e. The molecule has 3 aromatic heterocycles. The Balaban J connectivity index is 0.000000224. The normalized spacial score (nSPS) is 11.9. The molecule has 0 N–H and O–H groups in total. The summed E-state index contributed by atoms with van der Waals surface area (Å²) in [5, 5.41) is 3.62. The third-order valence-corrected chi connectivity index (χ3v) is 14.7. The van der Waals surface area contributed by atoms with Gasteiger partial charge in [-0.25, -0.2) is 0 Å². The summed E-state index contributed by atoms with van der Waals surface area (Å²) < 4.78 is 8.86. The Morgan fingerprint density at radius 3 is 1.88 bits per heavy atom. The third kappa shape index (κ3) is 9.54. The van der Waals surface area contributed by atoms with Gasteiger partial charge in [0.05, 0.1) is 36.2 Å². The van der Waals surface area contributed by atoms with Crippen molar-refractivity contribution in [1.29, 1.82) is 0 Å². The van der Waals surface area contributed by atoms with Gasteiger partial charge >= 0.3 is 0 Å². The van der Waals surface area contributed by atoms with Crippen LogP contribution in [0.1, 0.15) is 77.0 Å². The molecular formula is C61H59IrN3OSi-2. The molecule has 10 aromatic rings. The summed E-state index contributed by atoms with van der Waals surface area (Å²) in [7, 11) is -1.36. The van der Waals surface area contributed by atoms with E-state index in [1.165, 1.54) is 21.9 Å². The molecule has 10 rings (SSSR count). The second-order valence-corrected chi connectivity index (χ2v) is 25.1. The van der Waals surface area contributed by atoms with Crippen LogP contribution in [0.15, 0.2) is 168 Å². The van der Waals surface area contributed by atoms with Crippen LogP contribution in [-0.4, -0.2) is 22.6 Å². The van der Waals surface area contributed by atoms with E-state index in [0.717, 1.165) is 83.6 Å². The van der Waals surface area contributed by atoms with Gasteiger partial charge in [0.15, 0.2) is 0 Å². The van der Waals surface area contributed by atoms with Crippen LogP contribution in [0.25, 0.3) is 83.6 Å². The largest absolute Gasteiger partial charge is 0.501 e. The van der Waals surface area contributed by atoms with Crippen molar-refractivity contribution in [2.45, 2.75) is 85.4 Å². The molecule has 0 saturated heterocycles. The molecule has 0 atom stereocenters. The van der Waals surface area contributed by atoms with E-state index in [1.54, 1.807) is 0 Å². The first-order valence-electron chi connectivity index (χ1n) is 23.3. The van der Waals surface area contributed by atoms with Crippen molar-refractivity contribution in [2.24, 2.45) is 0 Å². The number of nitrogens with zero attached hydrogens (tertiary/aromatic N) is 3. The van der Waals surface area contributed by atoms with Crippen LogP contribution in [0.5, 0.6) is 0 Å². The van der Waals surface area contributed by atoms with Crippen LogP contribution in [0, 0.1) is 12.1 Å². The number of hydrogen-bond acceptors (Lipinski definition) is 3. The molecule has 0 unspecified atom stereocenters. The van der Waals surface area contributed by atoms with Crippen molar-refractivity contribution in [3.8, 4) is 50.6 Å². The molecule has 7 aromatic carbocycles. The van der Waals surface area contributed by atoms with Crippen LogP contribution < -0.4 is 5.19 Å². The number of rotatable bonds is 8. The summed E-state index contributed by atoms with van der Waals surface area (Å²) in [5.41, 5.74) is 16.3. The predicted molar refractivity (Wildman–Crippen MR) is 282 cm³/mol. The predicted octanol–water partition coefficient (Wildman–Crippen LogP) is 16.4. The Kier molecular flexibility index (Phi) is 13.6. The zero-order chi connectivity index (χ0) is 46.3. The van der Waals surface area contributed by atoms with E-state index in [9.17, 15) is 0 Å². The quantitative estimate of drug-likeness (QED) is 0.112. The van der Waals surface area contributed by atoms with Crippen molar-refractivity contribution in [3.63, 3.8) is 0 Å². The van der Waals surface area contributed by atoms with Gasteiger partial charge in [0.25, 0.3) is 0 Å². The van der Waals surface area contributed by atoms with Gasteiger partial charge in [-0.15, -0.1) is 53.6 Å². The average Bonchev–Trinajstić information content (AvgIpc) is 3.90. The summed E-state index contributed by atoms with van der Waals surface area (Å²) >= 11 is 0. The Hall–Kier alpha value is -6.17. The van der Waals surface area contributed by atoms with Crippen LogP contribution in [0.4, 0.5) is 0 Å². The maximum absolute atomic E-state index is 6.53. The van der Waals surface area contributed by atoms with Crippen LogP contribution in [0.3, 0.4) is 0 Å². The Labute approximate surface area is 411 Å². The number of imidazole rings is 1. The summed E-state index contributed by atoms with van der Waals surface area (Å²) in [5.74, 6) is 1.87. The maximum atomic E-state index is 6.53. The molecule has 0 aliphatic carbocycles. The minimum Gasteiger partial charge on any atom is -0.501 e. The zero-order valence-electron chi connectivity index (χ0n) is 40.3. The van der Waals surface area contributed by atoms with E-state index in [-0.39, 0.29) is 25.5 Å². The van der Waals surface area contributed by atoms with Gasteiger partial charge in [-0.05, 0) is 69.2 Å². The standard InChI is InChI=1S/C41H31N2O.C20H28NSi.Ir/c1-41(2,3)29-25-33(27-15-6-4-7-16-27)38(34(26-29)28-17-8-5-9-18-28)43-36-23-12-11-22-35(36)42-40(43)32-21-14-20-31-30-19-10-13-24-37(30)44-39(31)32;1-14(2)16-8-10-17(11-9-16)19-12-18(15(3)4)20(13-21-19)22(5,6)7;/h4-20,22-26H,1-3H3;8-10,12-15H,1-7H3;/q2*-1;. The van der Waals surface area contributed by atoms with Crippen molar-refractivity contribution in [3.05, 3.63) is 193 Å². The number of benzene rings is 7. The van der Waals surface area contributed by atoms with E-state index in [0.29, 0.717) is 11.8 Å². The minimum absolute atomic E-state index is 0. The second kappa shape index (κ2) is 19.2. The van der Waals surface area contributed by atoms with Gasteiger partial charge in [0.2, 0.25) is 0 Å². The molecule has 4 nitrogen and oxygen atoms in total. The van der Waals surface area contributed by atoms with Crippen molar-refractivity contribution < 1.29 is 24.5 Å². The molecule has 6 heteroatoms. The summed E-state index contributed by atoms with van der Waals surface area (Å²) in [6.45, 7) is 23.0. The number of hydrogen-bond donors (Lipinski definition) is 0. The molecule has 0 saturated carbocycles. The topological polar surface area (TPSA) is 43.9 Å². The summed E-state index contributed by atoms with van der Waals surface area (Å²) in [6, 6.07) is 62.4. The van der Waals surface area contributed by atoms with Gasteiger partial charge in [0.1, 0.15) is 5.58 Å². The first kappa shape index (κ1) is 47.3. The summed E-state index contributed by atoms with van der Waals surface area (Å²) in [4.78, 5) is 10.0. The van der Waals surface area contributed by atoms with Gasteiger partial charge in [-0.1, -0.05) is 188 Å². The molecular weight excluding hydrogens is 1010 g/mol. The number of para-hydroxylation sites is 3. The first-order chi connectivity index (χ1) is 31.7. The van der Waals surface area contributed by atoms with E-state index in [1.807, 2.05) is 24.3 Å². The molecule has 0 amide bonds. The van der Waals surface area contributed by atoms with Crippen molar-refractivity contribution in [2.75, 3.05) is 0 Å². The molecule has 0 bridgehead atoms. The third-order valence-electron chi connectivity index (χ3n) is 12.6. The van der Waals surface area contributed by atoms with Gasteiger partial charge < -0.3 is 14.0 Å². The van der Waals surface area contributed by atoms with Crippen LogP contribution in [-0.2, 0) is 25.5 Å². The number of pyridine rings is 1. The van der Waals surface area contributed by atoms with Gasteiger partial charge in [-0.3, -0.25) is 4.98 Å².